The van der Waals surface area contributed by atoms with Crippen LogP contribution in [0.15, 0.2) is 18.3 Å². The molecule has 0 fully saturated rings. The van der Waals surface area contributed by atoms with Crippen LogP contribution in [0.25, 0.3) is 0 Å². The van der Waals surface area contributed by atoms with Gasteiger partial charge in [-0.15, -0.1) is 0 Å². The summed E-state index contributed by atoms with van der Waals surface area (Å²) in [5.41, 5.74) is 9.25. The van der Waals surface area contributed by atoms with Gasteiger partial charge in [-0.05, 0) is 43.9 Å². The quantitative estimate of drug-likeness (QED) is 0.870. The molecule has 0 saturated carbocycles. The number of carbonyl (C=O) groups excluding carboxylic acids is 1. The summed E-state index contributed by atoms with van der Waals surface area (Å²) in [6, 6.07) is 3.41. The second-order valence-electron chi connectivity index (χ2n) is 5.48. The third-order valence-corrected chi connectivity index (χ3v) is 3.89. The zero-order valence-electron chi connectivity index (χ0n) is 12.6. The number of carbonyl (C=O) groups is 1. The Labute approximate surface area is 129 Å². The van der Waals surface area contributed by atoms with E-state index in [0.29, 0.717) is 17.9 Å². The molecular formula is C16H19N5O. The van der Waals surface area contributed by atoms with E-state index in [-0.39, 0.29) is 0 Å². The molecule has 2 aromatic heterocycles. The molecule has 0 atom stereocenters. The minimum atomic E-state index is -0.471. The lowest BCUT2D eigenvalue weighted by molar-refractivity contribution is 0.1000. The number of hydrogen-bond acceptors (Lipinski definition) is 5. The minimum Gasteiger partial charge on any atom is -0.370 e. The van der Waals surface area contributed by atoms with Gasteiger partial charge < -0.3 is 11.1 Å². The summed E-state index contributed by atoms with van der Waals surface area (Å²) >= 11 is 0. The maximum absolute atomic E-state index is 11.0. The molecule has 6 nitrogen and oxygen atoms in total. The molecule has 0 aliphatic heterocycles. The summed E-state index contributed by atoms with van der Waals surface area (Å²) in [5.74, 6) is 1.11. The molecule has 22 heavy (non-hydrogen) atoms. The van der Waals surface area contributed by atoms with Crippen molar-refractivity contribution in [2.45, 2.75) is 32.6 Å². The summed E-state index contributed by atoms with van der Waals surface area (Å²) in [6.45, 7) is 2.76. The monoisotopic (exact) mass is 297 g/mol. The van der Waals surface area contributed by atoms with Crippen molar-refractivity contribution >= 4 is 11.7 Å². The van der Waals surface area contributed by atoms with Gasteiger partial charge in [-0.25, -0.2) is 15.0 Å². The van der Waals surface area contributed by atoms with Gasteiger partial charge in [0.15, 0.2) is 0 Å². The molecule has 3 rings (SSSR count). The van der Waals surface area contributed by atoms with Crippen LogP contribution in [0.3, 0.4) is 0 Å². The summed E-state index contributed by atoms with van der Waals surface area (Å²) in [6.07, 6.45) is 5.57. The van der Waals surface area contributed by atoms with Crippen molar-refractivity contribution < 1.29 is 4.79 Å². The molecule has 1 aliphatic rings. The Morgan fingerprint density at radius 3 is 2.91 bits per heavy atom. The van der Waals surface area contributed by atoms with E-state index >= 15 is 0 Å². The van der Waals surface area contributed by atoms with Gasteiger partial charge in [0.25, 0.3) is 0 Å². The van der Waals surface area contributed by atoms with E-state index in [1.807, 2.05) is 0 Å². The molecule has 0 bridgehead atoms. The number of nitrogens with one attached hydrogen (secondary N) is 1. The lowest BCUT2D eigenvalue weighted by Crippen LogP contribution is -2.13. The molecule has 6 heteroatoms. The standard InChI is InChI=1S/C16H19N5O/c1-10-12-3-2-4-13(12)21-15(20-10)7-8-18-14-6-5-11(9-19-14)16(17)22/h5-6,9H,2-4,7-8H2,1H3,(H2,17,22)(H,18,19). The average molecular weight is 297 g/mol. The molecule has 1 aliphatic carbocycles. The number of anilines is 1. The van der Waals surface area contributed by atoms with Crippen molar-refractivity contribution in [3.8, 4) is 0 Å². The Morgan fingerprint density at radius 1 is 1.32 bits per heavy atom. The number of aryl methyl sites for hydroxylation is 2. The van der Waals surface area contributed by atoms with Crippen molar-refractivity contribution in [3.63, 3.8) is 0 Å². The molecule has 114 valence electrons. The van der Waals surface area contributed by atoms with Crippen LogP contribution in [0, 0.1) is 6.92 Å². The third-order valence-electron chi connectivity index (χ3n) is 3.89. The van der Waals surface area contributed by atoms with Crippen molar-refractivity contribution in [2.24, 2.45) is 5.73 Å². The van der Waals surface area contributed by atoms with Crippen LogP contribution in [0.5, 0.6) is 0 Å². The number of pyridine rings is 1. The molecule has 0 spiro atoms. The molecule has 0 unspecified atom stereocenters. The first-order valence-electron chi connectivity index (χ1n) is 7.48. The maximum Gasteiger partial charge on any atom is 0.250 e. The highest BCUT2D eigenvalue weighted by atomic mass is 16.1. The topological polar surface area (TPSA) is 93.8 Å². The van der Waals surface area contributed by atoms with Crippen LogP contribution >= 0.6 is 0 Å². The van der Waals surface area contributed by atoms with Crippen molar-refractivity contribution in [1.82, 2.24) is 15.0 Å². The summed E-state index contributed by atoms with van der Waals surface area (Å²) in [4.78, 5) is 24.4. The normalized spacial score (nSPS) is 13.0. The van der Waals surface area contributed by atoms with E-state index in [2.05, 4.69) is 27.2 Å². The molecule has 2 aromatic rings. The minimum absolute atomic E-state index is 0.406. The fourth-order valence-electron chi connectivity index (χ4n) is 2.74. The Hall–Kier alpha value is -2.50. The van der Waals surface area contributed by atoms with Crippen LogP contribution in [-0.4, -0.2) is 27.4 Å². The number of aromatic nitrogens is 3. The van der Waals surface area contributed by atoms with Gasteiger partial charge in [0.1, 0.15) is 11.6 Å². The van der Waals surface area contributed by atoms with Crippen LogP contribution in [0.4, 0.5) is 5.82 Å². The number of primary amides is 1. The molecule has 3 N–H and O–H groups in total. The largest absolute Gasteiger partial charge is 0.370 e. The third kappa shape index (κ3) is 3.05. The van der Waals surface area contributed by atoms with Crippen molar-refractivity contribution in [2.75, 3.05) is 11.9 Å². The Kier molecular flexibility index (Phi) is 4.00. The van der Waals surface area contributed by atoms with E-state index < -0.39 is 5.91 Å². The number of fused-ring (bicyclic) bond motifs is 1. The van der Waals surface area contributed by atoms with Crippen LogP contribution < -0.4 is 11.1 Å². The molecular weight excluding hydrogens is 278 g/mol. The average Bonchev–Trinajstić information content (AvgIpc) is 2.97. The number of amides is 1. The number of rotatable bonds is 5. The maximum atomic E-state index is 11.0. The van der Waals surface area contributed by atoms with Gasteiger partial charge >= 0.3 is 0 Å². The van der Waals surface area contributed by atoms with Gasteiger partial charge in [-0.1, -0.05) is 0 Å². The summed E-state index contributed by atoms with van der Waals surface area (Å²) in [5, 5.41) is 3.20. The number of hydrogen-bond donors (Lipinski definition) is 2. The summed E-state index contributed by atoms with van der Waals surface area (Å²) in [7, 11) is 0. The number of nitrogens with zero attached hydrogens (tertiary/aromatic N) is 3. The van der Waals surface area contributed by atoms with E-state index in [4.69, 9.17) is 5.73 Å². The number of nitrogens with two attached hydrogens (primary N) is 1. The zero-order valence-corrected chi connectivity index (χ0v) is 12.6. The van der Waals surface area contributed by atoms with E-state index in [9.17, 15) is 4.79 Å². The predicted octanol–water partition coefficient (Wildman–Crippen LogP) is 1.42. The molecule has 0 radical (unpaired) electrons. The van der Waals surface area contributed by atoms with Gasteiger partial charge in [0, 0.05) is 30.6 Å². The fraction of sp³-hybridized carbons (Fsp3) is 0.375. The van der Waals surface area contributed by atoms with Crippen LogP contribution in [0.2, 0.25) is 0 Å². The highest BCUT2D eigenvalue weighted by Crippen LogP contribution is 2.22. The highest BCUT2D eigenvalue weighted by Gasteiger charge is 2.16. The zero-order chi connectivity index (χ0) is 15.5. The Balaban J connectivity index is 1.59. The SMILES string of the molecule is Cc1nc(CCNc2ccc(C(N)=O)cn2)nc2c1CCC2. The van der Waals surface area contributed by atoms with Crippen LogP contribution in [-0.2, 0) is 19.3 Å². The second-order valence-corrected chi connectivity index (χ2v) is 5.48. The Morgan fingerprint density at radius 2 is 2.18 bits per heavy atom. The molecule has 2 heterocycles. The van der Waals surface area contributed by atoms with Gasteiger partial charge in [0.05, 0.1) is 5.56 Å². The lowest BCUT2D eigenvalue weighted by atomic mass is 10.2. The summed E-state index contributed by atoms with van der Waals surface area (Å²) < 4.78 is 0. The Bertz CT molecular complexity index is 696. The van der Waals surface area contributed by atoms with Crippen molar-refractivity contribution in [1.29, 1.82) is 0 Å². The first-order valence-corrected chi connectivity index (χ1v) is 7.48. The van der Waals surface area contributed by atoms with E-state index in [1.54, 1.807) is 12.1 Å². The predicted molar refractivity (Wildman–Crippen MR) is 83.7 cm³/mol. The second kappa shape index (κ2) is 6.09. The smallest absolute Gasteiger partial charge is 0.250 e. The first-order chi connectivity index (χ1) is 10.6. The lowest BCUT2D eigenvalue weighted by Gasteiger charge is -2.08. The van der Waals surface area contributed by atoms with E-state index in [1.165, 1.54) is 23.9 Å². The van der Waals surface area contributed by atoms with Gasteiger partial charge in [0.2, 0.25) is 5.91 Å². The highest BCUT2D eigenvalue weighted by molar-refractivity contribution is 5.92. The van der Waals surface area contributed by atoms with Crippen LogP contribution in [0.1, 0.15) is 39.6 Å². The van der Waals surface area contributed by atoms with Crippen molar-refractivity contribution in [3.05, 3.63) is 46.7 Å². The molecule has 0 saturated heterocycles. The van der Waals surface area contributed by atoms with Gasteiger partial charge in [-0.2, -0.15) is 0 Å². The van der Waals surface area contributed by atoms with E-state index in [0.717, 1.165) is 30.8 Å². The molecule has 1 amide bonds. The van der Waals surface area contributed by atoms with Gasteiger partial charge in [-0.3, -0.25) is 4.79 Å². The fourth-order valence-corrected chi connectivity index (χ4v) is 2.74. The molecule has 0 aromatic carbocycles. The first kappa shape index (κ1) is 14.4.